The first-order valence-corrected chi connectivity index (χ1v) is 12.2. The highest BCUT2D eigenvalue weighted by atomic mass is 32.2. The van der Waals surface area contributed by atoms with Gasteiger partial charge in [-0.2, -0.15) is 0 Å². The van der Waals surface area contributed by atoms with Gasteiger partial charge >= 0.3 is 0 Å². The van der Waals surface area contributed by atoms with Gasteiger partial charge in [0.15, 0.2) is 5.78 Å². The number of benzene rings is 1. The molecule has 0 fully saturated rings. The monoisotopic (exact) mass is 327 g/mol. The summed E-state index contributed by atoms with van der Waals surface area (Å²) in [7, 11) is -4.84. The zero-order valence-corrected chi connectivity index (χ0v) is 14.4. The number of carbonyl (C=O) groups excluding carboxylic acids is 1. The van der Waals surface area contributed by atoms with Crippen LogP contribution in [-0.4, -0.2) is 41.4 Å². The molecule has 7 heteroatoms. The van der Waals surface area contributed by atoms with Crippen LogP contribution in [0, 0.1) is 0 Å². The first kappa shape index (κ1) is 16.2. The van der Waals surface area contributed by atoms with E-state index in [1.54, 1.807) is 24.3 Å². The van der Waals surface area contributed by atoms with Gasteiger partial charge in [0, 0.05) is 20.2 Å². The van der Waals surface area contributed by atoms with Gasteiger partial charge in [-0.05, 0) is 18.2 Å². The van der Waals surface area contributed by atoms with E-state index in [4.69, 9.17) is 4.74 Å². The van der Waals surface area contributed by atoms with Crippen molar-refractivity contribution in [3.05, 3.63) is 29.8 Å². The standard InChI is InChI=1S/C14H21NO4SSi/c1-21(2,3)9-8-19-11-15-13-7-5-4-6-12(13)14(16)10-20(15,17)18/h4-7H,8-11H2,1-3H3. The van der Waals surface area contributed by atoms with E-state index >= 15 is 0 Å². The summed E-state index contributed by atoms with van der Waals surface area (Å²) in [5, 5.41) is 0. The number of ether oxygens (including phenoxy) is 1. The Morgan fingerprint density at radius 1 is 1.24 bits per heavy atom. The van der Waals surface area contributed by atoms with Crippen LogP contribution in [-0.2, 0) is 14.8 Å². The molecule has 0 aliphatic carbocycles. The molecule has 1 heterocycles. The van der Waals surface area contributed by atoms with Crippen molar-refractivity contribution in [2.75, 3.05) is 23.4 Å². The average molecular weight is 327 g/mol. The molecule has 0 N–H and O–H groups in total. The van der Waals surface area contributed by atoms with E-state index in [1.165, 1.54) is 4.31 Å². The van der Waals surface area contributed by atoms with Gasteiger partial charge in [0.25, 0.3) is 0 Å². The molecule has 0 saturated heterocycles. The van der Waals surface area contributed by atoms with Crippen molar-refractivity contribution in [3.63, 3.8) is 0 Å². The third kappa shape index (κ3) is 3.93. The van der Waals surface area contributed by atoms with E-state index in [2.05, 4.69) is 19.6 Å². The summed E-state index contributed by atoms with van der Waals surface area (Å²) in [6.45, 7) is 7.22. The molecular formula is C14H21NO4SSi. The zero-order chi connectivity index (χ0) is 15.7. The van der Waals surface area contributed by atoms with Crippen molar-refractivity contribution in [1.82, 2.24) is 0 Å². The molecule has 21 heavy (non-hydrogen) atoms. The lowest BCUT2D eigenvalue weighted by molar-refractivity contribution is 0.101. The Labute approximate surface area is 127 Å². The first-order valence-electron chi connectivity index (χ1n) is 6.91. The minimum absolute atomic E-state index is 0.0306. The Morgan fingerprint density at radius 3 is 2.57 bits per heavy atom. The van der Waals surface area contributed by atoms with Gasteiger partial charge in [-0.15, -0.1) is 0 Å². The van der Waals surface area contributed by atoms with Crippen molar-refractivity contribution in [2.24, 2.45) is 0 Å². The highest BCUT2D eigenvalue weighted by Gasteiger charge is 2.34. The van der Waals surface area contributed by atoms with Gasteiger partial charge in [-0.25, -0.2) is 12.7 Å². The normalized spacial score (nSPS) is 17.7. The number of nitrogens with zero attached hydrogens (tertiary/aromatic N) is 1. The van der Waals surface area contributed by atoms with Crippen LogP contribution in [0.2, 0.25) is 25.7 Å². The number of carbonyl (C=O) groups is 1. The van der Waals surface area contributed by atoms with Crippen LogP contribution >= 0.6 is 0 Å². The molecule has 0 bridgehead atoms. The Bertz CT molecular complexity index is 637. The predicted molar refractivity (Wildman–Crippen MR) is 86.0 cm³/mol. The molecule has 0 amide bonds. The maximum atomic E-state index is 12.2. The molecule has 0 atom stereocenters. The number of Topliss-reactive ketones (excluding diaryl/α,β-unsaturated/α-hetero) is 1. The molecule has 0 radical (unpaired) electrons. The fourth-order valence-corrected chi connectivity index (χ4v) is 4.17. The van der Waals surface area contributed by atoms with Crippen molar-refractivity contribution in [2.45, 2.75) is 25.7 Å². The van der Waals surface area contributed by atoms with Gasteiger partial charge in [0.2, 0.25) is 10.0 Å². The minimum atomic E-state index is -3.63. The lowest BCUT2D eigenvalue weighted by atomic mass is 10.1. The summed E-state index contributed by atoms with van der Waals surface area (Å²) in [5.41, 5.74) is 0.864. The number of hydrogen-bond acceptors (Lipinski definition) is 4. The van der Waals surface area contributed by atoms with Crippen molar-refractivity contribution >= 4 is 29.6 Å². The second kappa shape index (κ2) is 5.90. The maximum absolute atomic E-state index is 12.2. The summed E-state index contributed by atoms with van der Waals surface area (Å²) in [6.07, 6.45) is 0. The van der Waals surface area contributed by atoms with Crippen molar-refractivity contribution in [3.8, 4) is 0 Å². The minimum Gasteiger partial charge on any atom is -0.360 e. The van der Waals surface area contributed by atoms with Crippen LogP contribution in [0.5, 0.6) is 0 Å². The Morgan fingerprint density at radius 2 is 1.90 bits per heavy atom. The quantitative estimate of drug-likeness (QED) is 0.615. The summed E-state index contributed by atoms with van der Waals surface area (Å²) in [4.78, 5) is 11.9. The molecule has 1 aromatic rings. The Balaban J connectivity index is 2.14. The third-order valence-corrected chi connectivity index (χ3v) is 6.63. The summed E-state index contributed by atoms with van der Waals surface area (Å²) in [5.74, 6) is -0.842. The Kier molecular flexibility index (Phi) is 4.55. The van der Waals surface area contributed by atoms with Gasteiger partial charge in [-0.3, -0.25) is 4.79 Å². The second-order valence-corrected chi connectivity index (χ2v) is 13.9. The Hall–Kier alpha value is -1.18. The summed E-state index contributed by atoms with van der Waals surface area (Å²) in [6, 6.07) is 7.73. The molecule has 1 aliphatic rings. The SMILES string of the molecule is C[Si](C)(C)CCOCN1c2ccccc2C(=O)CS1(=O)=O. The van der Waals surface area contributed by atoms with Crippen LogP contribution in [0.15, 0.2) is 24.3 Å². The number of rotatable bonds is 5. The van der Waals surface area contributed by atoms with Crippen LogP contribution in [0.4, 0.5) is 5.69 Å². The lowest BCUT2D eigenvalue weighted by Gasteiger charge is -2.29. The topological polar surface area (TPSA) is 63.7 Å². The zero-order valence-electron chi connectivity index (χ0n) is 12.6. The number of sulfonamides is 1. The van der Waals surface area contributed by atoms with Gasteiger partial charge < -0.3 is 4.74 Å². The smallest absolute Gasteiger partial charge is 0.244 e. The van der Waals surface area contributed by atoms with Crippen molar-refractivity contribution < 1.29 is 17.9 Å². The third-order valence-electron chi connectivity index (χ3n) is 3.33. The predicted octanol–water partition coefficient (Wildman–Crippen LogP) is 2.33. The van der Waals surface area contributed by atoms with E-state index in [1.807, 2.05) is 0 Å². The van der Waals surface area contributed by atoms with E-state index in [0.29, 0.717) is 17.9 Å². The first-order chi connectivity index (χ1) is 9.71. The van der Waals surface area contributed by atoms with Gasteiger partial charge in [-0.1, -0.05) is 31.8 Å². The second-order valence-electron chi connectivity index (χ2n) is 6.39. The fourth-order valence-electron chi connectivity index (χ4n) is 2.07. The highest BCUT2D eigenvalue weighted by molar-refractivity contribution is 7.93. The van der Waals surface area contributed by atoms with Crippen molar-refractivity contribution in [1.29, 1.82) is 0 Å². The van der Waals surface area contributed by atoms with E-state index in [-0.39, 0.29) is 12.5 Å². The highest BCUT2D eigenvalue weighted by Crippen LogP contribution is 2.29. The number of fused-ring (bicyclic) bond motifs is 1. The largest absolute Gasteiger partial charge is 0.360 e. The van der Waals surface area contributed by atoms with E-state index in [0.717, 1.165) is 6.04 Å². The molecule has 2 rings (SSSR count). The van der Waals surface area contributed by atoms with Gasteiger partial charge in [0.1, 0.15) is 12.5 Å². The molecule has 1 aliphatic heterocycles. The van der Waals surface area contributed by atoms with E-state index < -0.39 is 23.9 Å². The molecule has 0 saturated carbocycles. The summed E-state index contributed by atoms with van der Waals surface area (Å²) < 4.78 is 31.1. The van der Waals surface area contributed by atoms with E-state index in [9.17, 15) is 13.2 Å². The van der Waals surface area contributed by atoms with Crippen LogP contribution in [0.3, 0.4) is 0 Å². The molecule has 1 aromatic carbocycles. The maximum Gasteiger partial charge on any atom is 0.244 e. The molecule has 0 unspecified atom stereocenters. The van der Waals surface area contributed by atoms with Crippen LogP contribution < -0.4 is 4.31 Å². The van der Waals surface area contributed by atoms with Crippen LogP contribution in [0.1, 0.15) is 10.4 Å². The lowest BCUT2D eigenvalue weighted by Crippen LogP contribution is -2.42. The molecule has 0 spiro atoms. The van der Waals surface area contributed by atoms with Gasteiger partial charge in [0.05, 0.1) is 5.69 Å². The number of anilines is 1. The average Bonchev–Trinajstić information content (AvgIpc) is 2.35. The number of ketones is 1. The molecular weight excluding hydrogens is 306 g/mol. The molecule has 5 nitrogen and oxygen atoms in total. The fraction of sp³-hybridized carbons (Fsp3) is 0.500. The summed E-state index contributed by atoms with van der Waals surface area (Å²) >= 11 is 0. The molecule has 0 aromatic heterocycles. The van der Waals surface area contributed by atoms with Crippen LogP contribution in [0.25, 0.3) is 0 Å². The molecule has 116 valence electrons. The number of para-hydroxylation sites is 1. The number of hydrogen-bond donors (Lipinski definition) is 0.